The maximum absolute atomic E-state index is 14.6. The van der Waals surface area contributed by atoms with Crippen LogP contribution in [0.1, 0.15) is 79.7 Å². The number of nitrogens with zero attached hydrogens (tertiary/aromatic N) is 4. The van der Waals surface area contributed by atoms with Crippen molar-refractivity contribution in [2.24, 2.45) is 11.8 Å². The molecule has 6 amide bonds. The average Bonchev–Trinajstić information content (AvgIpc) is 3.97. The summed E-state index contributed by atoms with van der Waals surface area (Å²) in [5, 5.41) is 17.5. The third kappa shape index (κ3) is 11.0. The number of rotatable bonds is 17. The van der Waals surface area contributed by atoms with Crippen molar-refractivity contribution in [2.75, 3.05) is 34.5 Å². The number of fused-ring (bicyclic) bond motifs is 2. The highest BCUT2D eigenvalue weighted by molar-refractivity contribution is 6.12. The molecule has 72 heavy (non-hydrogen) atoms. The number of likely N-dealkylation sites (N-methyl/N-ethyl adjacent to an activating group) is 2. The molecular formula is C55H64N10O7. The molecule has 0 radical (unpaired) electrons. The molecule has 6 atom stereocenters. The zero-order valence-electron chi connectivity index (χ0n) is 42.4. The van der Waals surface area contributed by atoms with Crippen LogP contribution in [-0.4, -0.2) is 102 Å². The molecular weight excluding hydrogens is 913 g/mol. The van der Waals surface area contributed by atoms with E-state index in [1.807, 2.05) is 77.9 Å². The second-order valence-electron chi connectivity index (χ2n) is 19.2. The quantitative estimate of drug-likeness (QED) is 0.0658. The Labute approximate surface area is 420 Å². The number of anilines is 4. The van der Waals surface area contributed by atoms with Gasteiger partial charge in [-0.05, 0) is 130 Å². The Bertz CT molecular complexity index is 2900. The van der Waals surface area contributed by atoms with Crippen LogP contribution >= 0.6 is 0 Å². The predicted octanol–water partition coefficient (Wildman–Crippen LogP) is 5.28. The number of carbonyl (C=O) groups excluding carboxylic acids is 7. The smallest absolute Gasteiger partial charge is 0.251 e. The highest BCUT2D eigenvalue weighted by Crippen LogP contribution is 2.36. The molecule has 2 aromatic heterocycles. The van der Waals surface area contributed by atoms with Crippen molar-refractivity contribution in [3.63, 3.8) is 0 Å². The summed E-state index contributed by atoms with van der Waals surface area (Å²) in [6, 6.07) is 19.7. The zero-order chi connectivity index (χ0) is 52.1. The van der Waals surface area contributed by atoms with Crippen molar-refractivity contribution in [1.29, 1.82) is 0 Å². The van der Waals surface area contributed by atoms with Crippen molar-refractivity contribution in [1.82, 2.24) is 31.2 Å². The van der Waals surface area contributed by atoms with Gasteiger partial charge in [-0.15, -0.1) is 0 Å². The summed E-state index contributed by atoms with van der Waals surface area (Å²) < 4.78 is 0. The van der Waals surface area contributed by atoms with Gasteiger partial charge in [0.15, 0.2) is 5.78 Å². The fourth-order valence-corrected chi connectivity index (χ4v) is 8.85. The normalized spacial score (nSPS) is 16.6. The molecule has 2 aliphatic rings. The van der Waals surface area contributed by atoms with Gasteiger partial charge in [-0.2, -0.15) is 0 Å². The summed E-state index contributed by atoms with van der Waals surface area (Å²) in [4.78, 5) is 109. The number of aromatic nitrogens is 2. The van der Waals surface area contributed by atoms with Gasteiger partial charge in [-0.1, -0.05) is 64.1 Å². The second-order valence-corrected chi connectivity index (χ2v) is 19.2. The van der Waals surface area contributed by atoms with E-state index in [2.05, 4.69) is 36.9 Å². The lowest BCUT2D eigenvalue weighted by Crippen LogP contribution is -2.57. The average molecular weight is 977 g/mol. The Hall–Kier alpha value is -7.63. The van der Waals surface area contributed by atoms with Gasteiger partial charge in [0.2, 0.25) is 23.6 Å². The van der Waals surface area contributed by atoms with Gasteiger partial charge < -0.3 is 31.9 Å². The van der Waals surface area contributed by atoms with E-state index in [0.29, 0.717) is 50.8 Å². The first-order chi connectivity index (χ1) is 34.3. The van der Waals surface area contributed by atoms with Crippen molar-refractivity contribution < 1.29 is 33.6 Å². The maximum Gasteiger partial charge on any atom is 0.251 e. The molecule has 3 aromatic carbocycles. The third-order valence-electron chi connectivity index (χ3n) is 13.6. The fourth-order valence-electron chi connectivity index (χ4n) is 8.85. The molecule has 0 fully saturated rings. The van der Waals surface area contributed by atoms with Gasteiger partial charge in [0.05, 0.1) is 12.1 Å². The summed E-state index contributed by atoms with van der Waals surface area (Å²) in [7, 11) is 3.31. The van der Waals surface area contributed by atoms with Gasteiger partial charge in [0.25, 0.3) is 11.8 Å². The van der Waals surface area contributed by atoms with E-state index in [1.54, 1.807) is 88.9 Å². The van der Waals surface area contributed by atoms with Gasteiger partial charge in [0, 0.05) is 53.3 Å². The first kappa shape index (κ1) is 52.2. The van der Waals surface area contributed by atoms with Crippen LogP contribution in [-0.2, 0) is 41.6 Å². The van der Waals surface area contributed by atoms with E-state index in [0.717, 1.165) is 16.7 Å². The number of nitrogens with one attached hydrogen (secondary N) is 6. The monoisotopic (exact) mass is 976 g/mol. The minimum Gasteiger partial charge on any atom is -0.343 e. The highest BCUT2D eigenvalue weighted by Gasteiger charge is 2.45. The molecule has 0 aliphatic carbocycles. The first-order valence-corrected chi connectivity index (χ1v) is 24.3. The number of pyridine rings is 2. The molecule has 0 saturated carbocycles. The molecule has 6 N–H and O–H groups in total. The molecule has 4 heterocycles. The molecule has 0 bridgehead atoms. The Kier molecular flexibility index (Phi) is 16.1. The second kappa shape index (κ2) is 22.2. The lowest BCUT2D eigenvalue weighted by Gasteiger charge is -2.31. The number of aryl methyl sites for hydroxylation is 1. The molecule has 17 nitrogen and oxygen atoms in total. The van der Waals surface area contributed by atoms with Crippen molar-refractivity contribution >= 4 is 64.2 Å². The minimum atomic E-state index is -0.979. The number of hydrogen-bond donors (Lipinski definition) is 6. The van der Waals surface area contributed by atoms with Crippen molar-refractivity contribution in [2.45, 2.75) is 104 Å². The first-order valence-electron chi connectivity index (χ1n) is 24.3. The summed E-state index contributed by atoms with van der Waals surface area (Å²) in [6.07, 6.45) is 3.53. The number of carbonyl (C=O) groups is 7. The molecule has 0 saturated heterocycles. The molecule has 376 valence electrons. The molecule has 6 unspecified atom stereocenters. The summed E-state index contributed by atoms with van der Waals surface area (Å²) in [5.41, 5.74) is 6.38. The van der Waals surface area contributed by atoms with E-state index >= 15 is 0 Å². The van der Waals surface area contributed by atoms with Crippen molar-refractivity contribution in [3.8, 4) is 11.1 Å². The van der Waals surface area contributed by atoms with Crippen molar-refractivity contribution in [3.05, 3.63) is 131 Å². The minimum absolute atomic E-state index is 0.150. The summed E-state index contributed by atoms with van der Waals surface area (Å²) >= 11 is 0. The van der Waals surface area contributed by atoms with Gasteiger partial charge in [-0.3, -0.25) is 43.4 Å². The number of ketones is 1. The third-order valence-corrected chi connectivity index (χ3v) is 13.6. The van der Waals surface area contributed by atoms with Gasteiger partial charge >= 0.3 is 0 Å². The largest absolute Gasteiger partial charge is 0.343 e. The molecule has 7 rings (SSSR count). The van der Waals surface area contributed by atoms with Crippen LogP contribution < -0.4 is 41.7 Å². The van der Waals surface area contributed by atoms with E-state index in [1.165, 1.54) is 9.80 Å². The Morgan fingerprint density at radius 1 is 0.583 bits per heavy atom. The van der Waals surface area contributed by atoms with E-state index in [4.69, 9.17) is 4.98 Å². The lowest BCUT2D eigenvalue weighted by molar-refractivity contribution is -0.130. The molecule has 0 spiro atoms. The van der Waals surface area contributed by atoms with Crippen LogP contribution in [0.25, 0.3) is 11.1 Å². The van der Waals surface area contributed by atoms with Crippen LogP contribution in [0.5, 0.6) is 0 Å². The van der Waals surface area contributed by atoms with Crippen LogP contribution in [0.3, 0.4) is 0 Å². The summed E-state index contributed by atoms with van der Waals surface area (Å²) in [5.74, 6) is -2.69. The van der Waals surface area contributed by atoms with Gasteiger partial charge in [0.1, 0.15) is 35.8 Å². The maximum atomic E-state index is 14.6. The summed E-state index contributed by atoms with van der Waals surface area (Å²) in [6.45, 7) is 14.6. The Balaban J connectivity index is 1.10. The molecule has 17 heteroatoms. The SMILES string of the molecule is CNC(C)C(=O)NC(C(=O)N1c2ncccc2CC1C(=O)Nc1ccc(C(=O)c2cccc(-c3cnc4c(c3)CC(C(=O)Nc3cccc(C)c3C)N4C(=O)C(NC(=O)C(C)NC)C(C)C)c2)cc1)C(C)C. The molecule has 5 aromatic rings. The lowest BCUT2D eigenvalue weighted by atomic mass is 9.97. The van der Waals surface area contributed by atoms with E-state index in [9.17, 15) is 33.6 Å². The van der Waals surface area contributed by atoms with Gasteiger partial charge in [-0.25, -0.2) is 9.97 Å². The van der Waals surface area contributed by atoms with Crippen LogP contribution in [0.15, 0.2) is 97.3 Å². The van der Waals surface area contributed by atoms with E-state index in [-0.39, 0.29) is 42.3 Å². The highest BCUT2D eigenvalue weighted by atomic mass is 16.2. The number of hydrogen-bond acceptors (Lipinski definition) is 11. The Morgan fingerprint density at radius 3 is 1.72 bits per heavy atom. The fraction of sp³-hybridized carbons (Fsp3) is 0.364. The zero-order valence-corrected chi connectivity index (χ0v) is 42.4. The number of amides is 6. The topological polar surface area (TPSA) is 224 Å². The molecule has 2 aliphatic heterocycles. The van der Waals surface area contributed by atoms with Crippen LogP contribution in [0.2, 0.25) is 0 Å². The predicted molar refractivity (Wildman–Crippen MR) is 277 cm³/mol. The standard InChI is InChI=1S/C55H64N10O7/c1-29(2)45(62-50(67)33(7)56-9)54(71)64-43(26-38-17-13-23-58-48(38)64)52(69)60-41-21-19-35(20-22-41)47(66)37-16-12-15-36(24-37)40-25-39-27-44(53(70)61-42-18-11-14-31(5)32(42)6)65(49(39)59-28-40)55(72)46(30(3)4)63-51(68)34(8)57-10/h11-25,28-30,33-34,43-46,56-57H,26-27H2,1-10H3,(H,60,69)(H,61,70)(H,62,67)(H,63,68). The van der Waals surface area contributed by atoms with Crippen LogP contribution in [0.4, 0.5) is 23.0 Å². The Morgan fingerprint density at radius 2 is 1.14 bits per heavy atom. The number of benzene rings is 3. The van der Waals surface area contributed by atoms with Crippen LogP contribution in [0, 0.1) is 25.7 Å². The van der Waals surface area contributed by atoms with E-state index < -0.39 is 59.9 Å².